The Hall–Kier alpha value is -1.62. The lowest BCUT2D eigenvalue weighted by Crippen LogP contribution is -2.04. The zero-order valence-electron chi connectivity index (χ0n) is 9.22. The van der Waals surface area contributed by atoms with Crippen LogP contribution in [0.15, 0.2) is 34.7 Å². The highest BCUT2D eigenvalue weighted by Crippen LogP contribution is 2.41. The summed E-state index contributed by atoms with van der Waals surface area (Å²) in [5, 5.41) is 0.494. The molecule has 18 heavy (non-hydrogen) atoms. The molecule has 2 rings (SSSR count). The summed E-state index contributed by atoms with van der Waals surface area (Å²) in [7, 11) is 1.16. The first-order valence-electron chi connectivity index (χ1n) is 4.93. The van der Waals surface area contributed by atoms with Gasteiger partial charge in [0.05, 0.1) is 7.11 Å². The Labute approximate surface area is 106 Å². The molecule has 0 spiro atoms. The molecular formula is C12H8ClF3O2. The van der Waals surface area contributed by atoms with Gasteiger partial charge in [0.25, 0.3) is 5.76 Å². The molecule has 0 fully saturated rings. The third kappa shape index (κ3) is 2.46. The minimum Gasteiger partial charge on any atom is -0.493 e. The molecule has 0 aliphatic carbocycles. The van der Waals surface area contributed by atoms with Crippen molar-refractivity contribution >= 4 is 11.6 Å². The lowest BCUT2D eigenvalue weighted by atomic mass is 10.2. The van der Waals surface area contributed by atoms with E-state index in [9.17, 15) is 13.2 Å². The largest absolute Gasteiger partial charge is 0.493 e. The first-order valence-corrected chi connectivity index (χ1v) is 5.30. The predicted octanol–water partition coefficient (Wildman–Crippen LogP) is 4.63. The zero-order valence-corrected chi connectivity index (χ0v) is 9.97. The molecule has 0 N–H and O–H groups in total. The number of halogens is 4. The fourth-order valence-electron chi connectivity index (χ4n) is 1.48. The SMILES string of the molecule is COc1cc(-c2ccc(Cl)cc2)oc1C(F)(F)F. The van der Waals surface area contributed by atoms with E-state index in [1.807, 2.05) is 0 Å². The molecule has 0 radical (unpaired) electrons. The summed E-state index contributed by atoms with van der Waals surface area (Å²) < 4.78 is 47.4. The Balaban J connectivity index is 2.47. The molecule has 2 aromatic rings. The van der Waals surface area contributed by atoms with Crippen molar-refractivity contribution in [3.63, 3.8) is 0 Å². The average molecular weight is 277 g/mol. The lowest BCUT2D eigenvalue weighted by Gasteiger charge is -2.04. The van der Waals surface area contributed by atoms with Crippen LogP contribution in [0.3, 0.4) is 0 Å². The van der Waals surface area contributed by atoms with Gasteiger partial charge in [-0.2, -0.15) is 13.2 Å². The van der Waals surface area contributed by atoms with Gasteiger partial charge >= 0.3 is 6.18 Å². The summed E-state index contributed by atoms with van der Waals surface area (Å²) in [6.07, 6.45) is -4.59. The Bertz CT molecular complexity index is 543. The van der Waals surface area contributed by atoms with Crippen LogP contribution in [-0.2, 0) is 6.18 Å². The number of rotatable bonds is 2. The second-order valence-corrected chi connectivity index (χ2v) is 3.95. The van der Waals surface area contributed by atoms with Gasteiger partial charge in [-0.1, -0.05) is 11.6 Å². The van der Waals surface area contributed by atoms with Crippen molar-refractivity contribution in [2.75, 3.05) is 7.11 Å². The third-order valence-corrected chi connectivity index (χ3v) is 2.56. The minimum absolute atomic E-state index is 0.0795. The molecule has 0 atom stereocenters. The van der Waals surface area contributed by atoms with Gasteiger partial charge in [0.2, 0.25) is 0 Å². The highest BCUT2D eigenvalue weighted by molar-refractivity contribution is 6.30. The van der Waals surface area contributed by atoms with Crippen LogP contribution < -0.4 is 4.74 Å². The first kappa shape index (κ1) is 12.8. The smallest absolute Gasteiger partial charge is 0.453 e. The Morgan fingerprint density at radius 3 is 2.22 bits per heavy atom. The van der Waals surface area contributed by atoms with E-state index in [2.05, 4.69) is 4.74 Å². The maximum atomic E-state index is 12.6. The van der Waals surface area contributed by atoms with E-state index in [1.54, 1.807) is 24.3 Å². The van der Waals surface area contributed by atoms with Crippen molar-refractivity contribution < 1.29 is 22.3 Å². The van der Waals surface area contributed by atoms with Crippen molar-refractivity contribution in [2.24, 2.45) is 0 Å². The minimum atomic E-state index is -4.59. The summed E-state index contributed by atoms with van der Waals surface area (Å²) in [4.78, 5) is 0. The quantitative estimate of drug-likeness (QED) is 0.798. The number of ether oxygens (including phenoxy) is 1. The highest BCUT2D eigenvalue weighted by atomic mass is 35.5. The molecule has 0 bridgehead atoms. The molecule has 1 heterocycles. The molecule has 0 saturated carbocycles. The number of methoxy groups -OCH3 is 1. The Morgan fingerprint density at radius 2 is 1.78 bits per heavy atom. The first-order chi connectivity index (χ1) is 8.41. The summed E-state index contributed by atoms with van der Waals surface area (Å²) in [5.41, 5.74) is 0.494. The monoisotopic (exact) mass is 276 g/mol. The average Bonchev–Trinajstić information content (AvgIpc) is 2.73. The number of furan rings is 1. The van der Waals surface area contributed by atoms with E-state index in [4.69, 9.17) is 16.0 Å². The summed E-state index contributed by atoms with van der Waals surface area (Å²) in [5.74, 6) is -1.40. The summed E-state index contributed by atoms with van der Waals surface area (Å²) in [6.45, 7) is 0. The van der Waals surface area contributed by atoms with E-state index >= 15 is 0 Å². The molecule has 0 amide bonds. The van der Waals surface area contributed by atoms with Crippen LogP contribution in [0.1, 0.15) is 5.76 Å². The predicted molar refractivity (Wildman–Crippen MR) is 60.7 cm³/mol. The van der Waals surface area contributed by atoms with Gasteiger partial charge in [0.15, 0.2) is 5.75 Å². The molecule has 1 aromatic carbocycles. The van der Waals surface area contributed by atoms with Crippen LogP contribution in [0.5, 0.6) is 5.75 Å². The topological polar surface area (TPSA) is 22.4 Å². The van der Waals surface area contributed by atoms with Crippen molar-refractivity contribution in [1.29, 1.82) is 0 Å². The molecular weight excluding hydrogens is 269 g/mol. The van der Waals surface area contributed by atoms with Crippen molar-refractivity contribution in [3.8, 4) is 17.1 Å². The fraction of sp³-hybridized carbons (Fsp3) is 0.167. The van der Waals surface area contributed by atoms with Crippen LogP contribution in [0, 0.1) is 0 Å². The van der Waals surface area contributed by atoms with E-state index in [-0.39, 0.29) is 11.5 Å². The van der Waals surface area contributed by atoms with Gasteiger partial charge < -0.3 is 9.15 Å². The number of alkyl halides is 3. The van der Waals surface area contributed by atoms with Crippen LogP contribution in [0.2, 0.25) is 5.02 Å². The second-order valence-electron chi connectivity index (χ2n) is 3.51. The standard InChI is InChI=1S/C12H8ClF3O2/c1-17-10-6-9(18-11(10)12(14,15)16)7-2-4-8(13)5-3-7/h2-6H,1H3. The van der Waals surface area contributed by atoms with Crippen LogP contribution in [0.25, 0.3) is 11.3 Å². The lowest BCUT2D eigenvalue weighted by molar-refractivity contribution is -0.153. The van der Waals surface area contributed by atoms with Gasteiger partial charge in [0, 0.05) is 16.7 Å². The zero-order chi connectivity index (χ0) is 13.3. The van der Waals surface area contributed by atoms with Crippen molar-refractivity contribution in [3.05, 3.63) is 41.1 Å². The highest BCUT2D eigenvalue weighted by Gasteiger charge is 2.39. The molecule has 6 heteroatoms. The van der Waals surface area contributed by atoms with E-state index < -0.39 is 11.9 Å². The summed E-state index contributed by atoms with van der Waals surface area (Å²) in [6, 6.07) is 7.48. The van der Waals surface area contributed by atoms with Gasteiger partial charge in [-0.3, -0.25) is 0 Å². The fourth-order valence-corrected chi connectivity index (χ4v) is 1.61. The van der Waals surface area contributed by atoms with Gasteiger partial charge in [-0.25, -0.2) is 0 Å². The van der Waals surface area contributed by atoms with Crippen molar-refractivity contribution in [2.45, 2.75) is 6.18 Å². The Kier molecular flexibility index (Phi) is 3.26. The van der Waals surface area contributed by atoms with Gasteiger partial charge in [-0.15, -0.1) is 0 Å². The maximum absolute atomic E-state index is 12.6. The molecule has 96 valence electrons. The molecule has 1 aromatic heterocycles. The Morgan fingerprint density at radius 1 is 1.17 bits per heavy atom. The van der Waals surface area contributed by atoms with E-state index in [0.29, 0.717) is 10.6 Å². The molecule has 0 unspecified atom stereocenters. The van der Waals surface area contributed by atoms with E-state index in [0.717, 1.165) is 7.11 Å². The third-order valence-electron chi connectivity index (χ3n) is 2.30. The number of hydrogen-bond acceptors (Lipinski definition) is 2. The number of benzene rings is 1. The van der Waals surface area contributed by atoms with Crippen LogP contribution >= 0.6 is 11.6 Å². The molecule has 0 aliphatic rings. The van der Waals surface area contributed by atoms with Crippen molar-refractivity contribution in [1.82, 2.24) is 0 Å². The van der Waals surface area contributed by atoms with Crippen LogP contribution in [-0.4, -0.2) is 7.11 Å². The number of hydrogen-bond donors (Lipinski definition) is 0. The van der Waals surface area contributed by atoms with Gasteiger partial charge in [-0.05, 0) is 24.3 Å². The van der Waals surface area contributed by atoms with E-state index in [1.165, 1.54) is 6.07 Å². The molecule has 2 nitrogen and oxygen atoms in total. The maximum Gasteiger partial charge on any atom is 0.453 e. The second kappa shape index (κ2) is 4.57. The summed E-state index contributed by atoms with van der Waals surface area (Å²) >= 11 is 5.70. The normalized spacial score (nSPS) is 11.6. The van der Waals surface area contributed by atoms with Crippen LogP contribution in [0.4, 0.5) is 13.2 Å². The molecule has 0 aliphatic heterocycles. The van der Waals surface area contributed by atoms with Gasteiger partial charge in [0.1, 0.15) is 5.76 Å². The molecule has 0 saturated heterocycles.